The number of aryl methyl sites for hydroxylation is 1. The highest BCUT2D eigenvalue weighted by Gasteiger charge is 2.27. The molecule has 1 atom stereocenters. The van der Waals surface area contributed by atoms with Gasteiger partial charge in [0.1, 0.15) is 17.4 Å². The Morgan fingerprint density at radius 2 is 1.97 bits per heavy atom. The molecule has 0 aliphatic carbocycles. The molecule has 1 aromatic carbocycles. The van der Waals surface area contributed by atoms with Gasteiger partial charge in [-0.05, 0) is 18.1 Å². The summed E-state index contributed by atoms with van der Waals surface area (Å²) in [5.41, 5.74) is 0.796. The summed E-state index contributed by atoms with van der Waals surface area (Å²) in [7, 11) is 0. The fourth-order valence-corrected chi connectivity index (χ4v) is 4.70. The standard InChI is InChI=1S/C22H23N5O2S/c1-2-17-12-18-21(30-17)24-15-27(22(18)29)14-20(28)26-10-8-25(9-11-26)19(13-23)16-6-4-3-5-7-16/h3-7,12,15,19H,2,8-11,14H2,1H3. The Hall–Kier alpha value is -3.02. The third-order valence-electron chi connectivity index (χ3n) is 5.49. The molecule has 1 aliphatic heterocycles. The number of thiophene rings is 1. The van der Waals surface area contributed by atoms with Crippen molar-refractivity contribution in [2.45, 2.75) is 25.9 Å². The first kappa shape index (κ1) is 20.3. The van der Waals surface area contributed by atoms with E-state index in [1.165, 1.54) is 22.2 Å². The highest BCUT2D eigenvalue weighted by Crippen LogP contribution is 2.22. The first-order chi connectivity index (χ1) is 14.6. The summed E-state index contributed by atoms with van der Waals surface area (Å²) in [4.78, 5) is 35.6. The van der Waals surface area contributed by atoms with E-state index in [-0.39, 0.29) is 24.1 Å². The fourth-order valence-electron chi connectivity index (χ4n) is 3.77. The van der Waals surface area contributed by atoms with Crippen molar-refractivity contribution in [3.05, 3.63) is 63.5 Å². The third kappa shape index (κ3) is 3.99. The first-order valence-electron chi connectivity index (χ1n) is 10.0. The molecule has 8 heteroatoms. The largest absolute Gasteiger partial charge is 0.339 e. The fraction of sp³-hybridized carbons (Fsp3) is 0.364. The smallest absolute Gasteiger partial charge is 0.262 e. The zero-order valence-electron chi connectivity index (χ0n) is 16.8. The van der Waals surface area contributed by atoms with E-state index in [9.17, 15) is 14.9 Å². The van der Waals surface area contributed by atoms with E-state index in [0.717, 1.165) is 21.7 Å². The molecule has 30 heavy (non-hydrogen) atoms. The van der Waals surface area contributed by atoms with Crippen LogP contribution >= 0.6 is 11.3 Å². The number of hydrogen-bond donors (Lipinski definition) is 0. The molecule has 0 spiro atoms. The van der Waals surface area contributed by atoms with Crippen LogP contribution in [0.15, 0.2) is 47.5 Å². The van der Waals surface area contributed by atoms with Crippen molar-refractivity contribution in [3.63, 3.8) is 0 Å². The third-order valence-corrected chi connectivity index (χ3v) is 6.68. The molecule has 0 saturated carbocycles. The van der Waals surface area contributed by atoms with Crippen LogP contribution in [0.1, 0.15) is 23.4 Å². The van der Waals surface area contributed by atoms with Crippen LogP contribution in [0.2, 0.25) is 0 Å². The minimum Gasteiger partial charge on any atom is -0.339 e. The van der Waals surface area contributed by atoms with E-state index >= 15 is 0 Å². The Balaban J connectivity index is 1.41. The number of benzene rings is 1. The summed E-state index contributed by atoms with van der Waals surface area (Å²) < 4.78 is 1.39. The highest BCUT2D eigenvalue weighted by atomic mass is 32.1. The molecule has 2 aromatic heterocycles. The van der Waals surface area contributed by atoms with Gasteiger partial charge in [0, 0.05) is 31.1 Å². The van der Waals surface area contributed by atoms with Gasteiger partial charge in [-0.3, -0.25) is 19.1 Å². The van der Waals surface area contributed by atoms with E-state index < -0.39 is 0 Å². The molecular formula is C22H23N5O2S. The van der Waals surface area contributed by atoms with Crippen LogP contribution in [-0.4, -0.2) is 51.4 Å². The number of fused-ring (bicyclic) bond motifs is 1. The van der Waals surface area contributed by atoms with E-state index in [1.807, 2.05) is 43.3 Å². The van der Waals surface area contributed by atoms with Gasteiger partial charge in [0.05, 0.1) is 17.8 Å². The van der Waals surface area contributed by atoms with Gasteiger partial charge in [-0.2, -0.15) is 5.26 Å². The van der Waals surface area contributed by atoms with Crippen molar-refractivity contribution in [2.24, 2.45) is 0 Å². The Kier molecular flexibility index (Phi) is 5.93. The molecule has 1 saturated heterocycles. The summed E-state index contributed by atoms with van der Waals surface area (Å²) >= 11 is 1.52. The second-order valence-electron chi connectivity index (χ2n) is 7.32. The van der Waals surface area contributed by atoms with Crippen LogP contribution in [0, 0.1) is 11.3 Å². The first-order valence-corrected chi connectivity index (χ1v) is 10.9. The number of nitriles is 1. The quantitative estimate of drug-likeness (QED) is 0.632. The number of carbonyl (C=O) groups excluding carboxylic acids is 1. The summed E-state index contributed by atoms with van der Waals surface area (Å²) in [5.74, 6) is -0.0999. The molecule has 0 N–H and O–H groups in total. The second-order valence-corrected chi connectivity index (χ2v) is 8.44. The molecule has 154 valence electrons. The van der Waals surface area contributed by atoms with Crippen molar-refractivity contribution in [3.8, 4) is 6.07 Å². The predicted octanol–water partition coefficient (Wildman–Crippen LogP) is 2.43. The monoisotopic (exact) mass is 421 g/mol. The number of nitrogens with zero attached hydrogens (tertiary/aromatic N) is 5. The lowest BCUT2D eigenvalue weighted by Crippen LogP contribution is -2.50. The Morgan fingerprint density at radius 1 is 1.23 bits per heavy atom. The molecular weight excluding hydrogens is 398 g/mol. The number of aromatic nitrogens is 2. The van der Waals surface area contributed by atoms with Crippen molar-refractivity contribution in [1.82, 2.24) is 19.4 Å². The van der Waals surface area contributed by atoms with Crippen molar-refractivity contribution in [2.75, 3.05) is 26.2 Å². The summed E-state index contributed by atoms with van der Waals surface area (Å²) in [6.45, 7) is 4.34. The molecule has 7 nitrogen and oxygen atoms in total. The van der Waals surface area contributed by atoms with Crippen molar-refractivity contribution < 1.29 is 4.79 Å². The molecule has 3 heterocycles. The van der Waals surface area contributed by atoms with E-state index in [1.54, 1.807) is 4.90 Å². The van der Waals surface area contributed by atoms with E-state index in [2.05, 4.69) is 16.0 Å². The topological polar surface area (TPSA) is 82.2 Å². The number of amides is 1. The number of hydrogen-bond acceptors (Lipinski definition) is 6. The molecule has 3 aromatic rings. The minimum atomic E-state index is -0.316. The zero-order chi connectivity index (χ0) is 21.1. The molecule has 1 amide bonds. The van der Waals surface area contributed by atoms with Gasteiger partial charge < -0.3 is 4.90 Å². The van der Waals surface area contributed by atoms with Crippen LogP contribution in [0.4, 0.5) is 0 Å². The molecule has 4 rings (SSSR count). The number of carbonyl (C=O) groups is 1. The zero-order valence-corrected chi connectivity index (χ0v) is 17.6. The maximum absolute atomic E-state index is 12.8. The highest BCUT2D eigenvalue weighted by molar-refractivity contribution is 7.18. The maximum atomic E-state index is 12.8. The maximum Gasteiger partial charge on any atom is 0.262 e. The number of piperazine rings is 1. The lowest BCUT2D eigenvalue weighted by molar-refractivity contribution is -0.133. The van der Waals surface area contributed by atoms with Crippen LogP contribution in [0.5, 0.6) is 0 Å². The SMILES string of the molecule is CCc1cc2c(=O)n(CC(=O)N3CCN(C(C#N)c4ccccc4)CC3)cnc2s1. The van der Waals surface area contributed by atoms with Gasteiger partial charge in [-0.25, -0.2) is 4.98 Å². The van der Waals surface area contributed by atoms with Crippen molar-refractivity contribution in [1.29, 1.82) is 5.26 Å². The molecule has 1 fully saturated rings. The summed E-state index contributed by atoms with van der Waals surface area (Å²) in [5, 5.41) is 10.2. The van der Waals surface area contributed by atoms with Gasteiger partial charge in [0.15, 0.2) is 0 Å². The van der Waals surface area contributed by atoms with Gasteiger partial charge in [-0.15, -0.1) is 11.3 Å². The Morgan fingerprint density at radius 3 is 2.63 bits per heavy atom. The van der Waals surface area contributed by atoms with Gasteiger partial charge >= 0.3 is 0 Å². The Labute approximate surface area is 178 Å². The average molecular weight is 422 g/mol. The van der Waals surface area contributed by atoms with E-state index in [0.29, 0.717) is 31.6 Å². The van der Waals surface area contributed by atoms with Crippen LogP contribution in [0.25, 0.3) is 10.2 Å². The number of rotatable bonds is 5. The predicted molar refractivity (Wildman–Crippen MR) is 116 cm³/mol. The lowest BCUT2D eigenvalue weighted by Gasteiger charge is -2.37. The lowest BCUT2D eigenvalue weighted by atomic mass is 10.1. The van der Waals surface area contributed by atoms with E-state index in [4.69, 9.17) is 0 Å². The van der Waals surface area contributed by atoms with Gasteiger partial charge in [0.2, 0.25) is 5.91 Å². The molecule has 0 radical (unpaired) electrons. The molecule has 0 bridgehead atoms. The van der Waals surface area contributed by atoms with Gasteiger partial charge in [0.25, 0.3) is 5.56 Å². The second kappa shape index (κ2) is 8.78. The summed E-state index contributed by atoms with van der Waals surface area (Å²) in [6.07, 6.45) is 2.33. The van der Waals surface area contributed by atoms with Crippen molar-refractivity contribution >= 4 is 27.5 Å². The molecule has 1 unspecified atom stereocenters. The summed E-state index contributed by atoms with van der Waals surface area (Å²) in [6, 6.07) is 13.6. The normalized spacial score (nSPS) is 15.8. The van der Waals surface area contributed by atoms with Crippen LogP contribution < -0.4 is 5.56 Å². The molecule has 1 aliphatic rings. The van der Waals surface area contributed by atoms with Crippen LogP contribution in [0.3, 0.4) is 0 Å². The van der Waals surface area contributed by atoms with Gasteiger partial charge in [-0.1, -0.05) is 37.3 Å². The minimum absolute atomic E-state index is 0.0144. The average Bonchev–Trinajstić information content (AvgIpc) is 3.22. The Bertz CT molecular complexity index is 1140. The van der Waals surface area contributed by atoms with Crippen LogP contribution in [-0.2, 0) is 17.8 Å².